The van der Waals surface area contributed by atoms with Gasteiger partial charge in [-0.3, -0.25) is 19.9 Å². The maximum atomic E-state index is 12.7. The lowest BCUT2D eigenvalue weighted by Crippen LogP contribution is -2.51. The zero-order valence-corrected chi connectivity index (χ0v) is 21.4. The number of hydrogen-bond donors (Lipinski definition) is 3. The molecule has 13 nitrogen and oxygen atoms in total. The third-order valence-electron chi connectivity index (χ3n) is 5.47. The quantitative estimate of drug-likeness (QED) is 0.213. The summed E-state index contributed by atoms with van der Waals surface area (Å²) in [5, 5.41) is 11.9. The number of nitrogens with zero attached hydrogens (tertiary/aromatic N) is 4. The van der Waals surface area contributed by atoms with E-state index in [4.69, 9.17) is 26.5 Å². The summed E-state index contributed by atoms with van der Waals surface area (Å²) in [5.74, 6) is -0.627. The third-order valence-corrected chi connectivity index (χ3v) is 6.55. The van der Waals surface area contributed by atoms with Crippen molar-refractivity contribution in [2.45, 2.75) is 51.5 Å². The van der Waals surface area contributed by atoms with E-state index in [-0.39, 0.29) is 68.8 Å². The Labute approximate surface area is 211 Å². The standard InChI is InChI=1S/C22H33N6O7P/c1-13(2)20(30)26-22-25-19-16(21(31)27-22)24-12-28(19)15-11-33-14(3)17(18(15)32-9-6-8-29)35-36(5)34-10-7-23-4/h12-15,17-18,29H,6-11H2,1-3,5H3,(H2,25,26,27,30,31)/t14-,15-,17-,18+,36?/m1/s1/i3D. The van der Waals surface area contributed by atoms with Gasteiger partial charge >= 0.3 is 0 Å². The number of rotatable bonds is 12. The monoisotopic (exact) mass is 525 g/mol. The SMILES string of the molecule is [2H]C[C@H]1OC[C@@H](n2cnc3c(=O)[nH]c(NC(=O)C(C)C)nc32)[C@H](OCCCO)[C@@H]1OP(C)OCC[N+]#[C-]. The van der Waals surface area contributed by atoms with Crippen LogP contribution in [-0.4, -0.2) is 88.5 Å². The molecule has 2 aromatic heterocycles. The van der Waals surface area contributed by atoms with Gasteiger partial charge in [0.15, 0.2) is 19.5 Å². The minimum absolute atomic E-state index is 0.00505. The Morgan fingerprint density at radius 2 is 2.31 bits per heavy atom. The van der Waals surface area contributed by atoms with Crippen LogP contribution in [0.1, 0.15) is 34.6 Å². The van der Waals surface area contributed by atoms with E-state index < -0.39 is 38.3 Å². The average molecular weight is 526 g/mol. The molecular formula is C22H33N6O7P. The normalized spacial score (nSPS) is 23.4. The summed E-state index contributed by atoms with van der Waals surface area (Å²) in [6.45, 7) is 12.7. The Balaban J connectivity index is 1.96. The van der Waals surface area contributed by atoms with Gasteiger partial charge < -0.3 is 33.0 Å². The minimum Gasteiger partial charge on any atom is -0.396 e. The highest BCUT2D eigenvalue weighted by atomic mass is 31.2. The molecular weight excluding hydrogens is 491 g/mol. The second kappa shape index (κ2) is 13.2. The third kappa shape index (κ3) is 6.85. The molecule has 36 heavy (non-hydrogen) atoms. The lowest BCUT2D eigenvalue weighted by atomic mass is 9.98. The molecule has 0 radical (unpaired) electrons. The van der Waals surface area contributed by atoms with E-state index >= 15 is 0 Å². The Hall–Kier alpha value is -2.46. The Kier molecular flexibility index (Phi) is 9.75. The average Bonchev–Trinajstić information content (AvgIpc) is 3.29. The van der Waals surface area contributed by atoms with Crippen molar-refractivity contribution < 1.29 is 29.8 Å². The number of H-pyrrole nitrogens is 1. The molecule has 3 heterocycles. The molecule has 1 aliphatic heterocycles. The van der Waals surface area contributed by atoms with Crippen LogP contribution in [0.15, 0.2) is 11.1 Å². The van der Waals surface area contributed by atoms with Gasteiger partial charge in [0.05, 0.1) is 25.1 Å². The molecule has 1 unspecified atom stereocenters. The number of anilines is 1. The molecule has 1 fully saturated rings. The van der Waals surface area contributed by atoms with E-state index in [0.717, 1.165) is 0 Å². The van der Waals surface area contributed by atoms with Gasteiger partial charge in [-0.25, -0.2) is 11.6 Å². The van der Waals surface area contributed by atoms with Gasteiger partial charge in [0, 0.05) is 27.2 Å². The summed E-state index contributed by atoms with van der Waals surface area (Å²) in [6, 6.07) is -0.550. The van der Waals surface area contributed by atoms with E-state index in [1.165, 1.54) is 6.33 Å². The number of nitrogens with one attached hydrogen (secondary N) is 2. The first-order valence-corrected chi connectivity index (χ1v) is 13.2. The first-order valence-electron chi connectivity index (χ1n) is 12.3. The number of hydrogen-bond acceptors (Lipinski definition) is 9. The predicted molar refractivity (Wildman–Crippen MR) is 133 cm³/mol. The fourth-order valence-corrected chi connectivity index (χ4v) is 4.60. The molecule has 0 aliphatic carbocycles. The molecule has 0 aromatic carbocycles. The summed E-state index contributed by atoms with van der Waals surface area (Å²) in [6.07, 6.45) is -0.137. The van der Waals surface area contributed by atoms with Crippen LogP contribution < -0.4 is 10.9 Å². The number of carbonyl (C=O) groups excluding carboxylic acids is 1. The van der Waals surface area contributed by atoms with E-state index in [9.17, 15) is 14.7 Å². The lowest BCUT2D eigenvalue weighted by molar-refractivity contribution is -0.163. The highest BCUT2D eigenvalue weighted by Crippen LogP contribution is 2.41. The predicted octanol–water partition coefficient (Wildman–Crippen LogP) is 1.70. The molecule has 198 valence electrons. The highest BCUT2D eigenvalue weighted by Gasteiger charge is 2.43. The fourth-order valence-electron chi connectivity index (χ4n) is 3.60. The Morgan fingerprint density at radius 3 is 3.00 bits per heavy atom. The number of carbonyl (C=O) groups is 1. The van der Waals surface area contributed by atoms with Gasteiger partial charge in [-0.15, -0.1) is 0 Å². The molecule has 1 saturated heterocycles. The smallest absolute Gasteiger partial charge is 0.280 e. The molecule has 14 heteroatoms. The molecule has 3 N–H and O–H groups in total. The second-order valence-corrected chi connectivity index (χ2v) is 9.81. The minimum atomic E-state index is -1.41. The summed E-state index contributed by atoms with van der Waals surface area (Å²) < 4.78 is 33.6. The number of fused-ring (bicyclic) bond motifs is 1. The van der Waals surface area contributed by atoms with Crippen LogP contribution in [0, 0.1) is 12.5 Å². The van der Waals surface area contributed by atoms with Crippen molar-refractivity contribution in [1.82, 2.24) is 19.5 Å². The van der Waals surface area contributed by atoms with Crippen molar-refractivity contribution in [3.8, 4) is 0 Å². The maximum Gasteiger partial charge on any atom is 0.280 e. The van der Waals surface area contributed by atoms with E-state index in [2.05, 4.69) is 25.1 Å². The van der Waals surface area contributed by atoms with Crippen LogP contribution in [0.2, 0.25) is 0 Å². The molecule has 1 aliphatic rings. The van der Waals surface area contributed by atoms with Gasteiger partial charge in [0.2, 0.25) is 18.4 Å². The molecule has 5 atom stereocenters. The van der Waals surface area contributed by atoms with Gasteiger partial charge in [-0.1, -0.05) is 13.8 Å². The molecule has 0 bridgehead atoms. The largest absolute Gasteiger partial charge is 0.396 e. The lowest BCUT2D eigenvalue weighted by Gasteiger charge is -2.42. The first-order chi connectivity index (χ1) is 17.8. The molecule has 2 aromatic rings. The van der Waals surface area contributed by atoms with Crippen molar-refractivity contribution in [1.29, 1.82) is 0 Å². The van der Waals surface area contributed by atoms with Crippen molar-refractivity contribution in [3.63, 3.8) is 0 Å². The van der Waals surface area contributed by atoms with Gasteiger partial charge in [0.25, 0.3) is 5.56 Å². The highest BCUT2D eigenvalue weighted by molar-refractivity contribution is 7.46. The number of aliphatic hydroxyl groups is 1. The fraction of sp³-hybridized carbons (Fsp3) is 0.682. The van der Waals surface area contributed by atoms with Crippen LogP contribution in [-0.2, 0) is 23.3 Å². The number of amides is 1. The number of aliphatic hydroxyl groups excluding tert-OH is 1. The van der Waals surface area contributed by atoms with Crippen LogP contribution in [0.4, 0.5) is 5.95 Å². The molecule has 0 saturated carbocycles. The summed E-state index contributed by atoms with van der Waals surface area (Å²) in [7, 11) is -1.41. The molecule has 0 spiro atoms. The zero-order valence-electron chi connectivity index (χ0n) is 21.5. The topological polar surface area (TPSA) is 154 Å². The number of aromatic nitrogens is 4. The van der Waals surface area contributed by atoms with E-state index in [1.54, 1.807) is 25.1 Å². The van der Waals surface area contributed by atoms with Crippen LogP contribution in [0.3, 0.4) is 0 Å². The van der Waals surface area contributed by atoms with Crippen molar-refractivity contribution >= 4 is 31.4 Å². The summed E-state index contributed by atoms with van der Waals surface area (Å²) in [5.41, 5.74) is -0.210. The Morgan fingerprint density at radius 1 is 1.50 bits per heavy atom. The number of imidazole rings is 1. The van der Waals surface area contributed by atoms with Crippen molar-refractivity contribution in [2.75, 3.05) is 45.0 Å². The van der Waals surface area contributed by atoms with Gasteiger partial charge in [-0.05, 0) is 13.3 Å². The van der Waals surface area contributed by atoms with Crippen LogP contribution >= 0.6 is 8.38 Å². The molecule has 3 rings (SSSR count). The number of ether oxygens (including phenoxy) is 2. The number of aromatic amines is 1. The second-order valence-electron chi connectivity index (χ2n) is 8.46. The molecule has 1 amide bonds. The van der Waals surface area contributed by atoms with Crippen molar-refractivity contribution in [3.05, 3.63) is 28.1 Å². The van der Waals surface area contributed by atoms with E-state index in [0.29, 0.717) is 6.42 Å². The summed E-state index contributed by atoms with van der Waals surface area (Å²) >= 11 is 0. The maximum absolute atomic E-state index is 12.7. The van der Waals surface area contributed by atoms with E-state index in [1.807, 2.05) is 0 Å². The van der Waals surface area contributed by atoms with Crippen LogP contribution in [0.25, 0.3) is 16.0 Å². The Bertz CT molecular complexity index is 1140. The van der Waals surface area contributed by atoms with Crippen molar-refractivity contribution in [2.24, 2.45) is 5.92 Å². The summed E-state index contributed by atoms with van der Waals surface area (Å²) in [4.78, 5) is 39.3. The van der Waals surface area contributed by atoms with Gasteiger partial charge in [-0.2, -0.15) is 4.98 Å². The zero-order chi connectivity index (χ0) is 26.9. The first kappa shape index (κ1) is 26.6. The van der Waals surface area contributed by atoms with Crippen LogP contribution in [0.5, 0.6) is 0 Å². The van der Waals surface area contributed by atoms with Gasteiger partial charge in [0.1, 0.15) is 18.8 Å².